The van der Waals surface area contributed by atoms with E-state index in [1.807, 2.05) is 0 Å². The summed E-state index contributed by atoms with van der Waals surface area (Å²) in [5.74, 6) is -1.15. The number of thiophene rings is 1. The maximum atomic E-state index is 12.2. The number of anilines is 1. The van der Waals surface area contributed by atoms with Crippen molar-refractivity contribution in [3.63, 3.8) is 0 Å². The Labute approximate surface area is 128 Å². The first-order valence-corrected chi connectivity index (χ1v) is 7.19. The highest BCUT2D eigenvalue weighted by Gasteiger charge is 2.47. The number of nitro groups is 1. The summed E-state index contributed by atoms with van der Waals surface area (Å²) >= 11 is 1.20. The van der Waals surface area contributed by atoms with Gasteiger partial charge in [-0.25, -0.2) is 0 Å². The average molecular weight is 318 g/mol. The topological polar surface area (TPSA) is 110 Å². The molecule has 2 heterocycles. The second-order valence-corrected chi connectivity index (χ2v) is 5.83. The molecular formula is C14H10N2O5S. The second kappa shape index (κ2) is 5.00. The average Bonchev–Trinajstić information content (AvgIpc) is 3.07. The highest BCUT2D eigenvalue weighted by molar-refractivity contribution is 7.12. The fourth-order valence-electron chi connectivity index (χ4n) is 2.38. The molecule has 0 bridgehead atoms. The molecule has 1 aromatic heterocycles. The number of nitrogens with one attached hydrogen (secondary N) is 1. The number of fused-ring (bicyclic) bond motifs is 1. The van der Waals surface area contributed by atoms with Crippen molar-refractivity contribution in [2.45, 2.75) is 12.0 Å². The fraction of sp³-hybridized carbons (Fsp3) is 0.143. The predicted molar refractivity (Wildman–Crippen MR) is 78.9 cm³/mol. The minimum atomic E-state index is -2.09. The molecule has 7 nitrogen and oxygen atoms in total. The van der Waals surface area contributed by atoms with E-state index in [2.05, 4.69) is 5.32 Å². The van der Waals surface area contributed by atoms with Gasteiger partial charge in [-0.3, -0.25) is 19.7 Å². The Morgan fingerprint density at radius 2 is 2.18 bits per heavy atom. The molecular weight excluding hydrogens is 308 g/mol. The van der Waals surface area contributed by atoms with Crippen LogP contribution in [-0.4, -0.2) is 21.7 Å². The van der Waals surface area contributed by atoms with E-state index >= 15 is 0 Å². The van der Waals surface area contributed by atoms with E-state index in [1.54, 1.807) is 17.5 Å². The highest BCUT2D eigenvalue weighted by Crippen LogP contribution is 2.41. The highest BCUT2D eigenvalue weighted by atomic mass is 32.1. The van der Waals surface area contributed by atoms with Gasteiger partial charge in [-0.05, 0) is 17.5 Å². The summed E-state index contributed by atoms with van der Waals surface area (Å²) in [6.07, 6.45) is -0.465. The number of carbonyl (C=O) groups is 2. The smallest absolute Gasteiger partial charge is 0.269 e. The van der Waals surface area contributed by atoms with Crippen molar-refractivity contribution in [3.05, 3.63) is 56.3 Å². The molecule has 3 rings (SSSR count). The van der Waals surface area contributed by atoms with Crippen LogP contribution in [0.2, 0.25) is 0 Å². The molecule has 112 valence electrons. The summed E-state index contributed by atoms with van der Waals surface area (Å²) in [6, 6.07) is 6.98. The molecule has 8 heteroatoms. The number of Topliss-reactive ketones (excluding diaryl/α,β-unsaturated/α-hetero) is 1. The van der Waals surface area contributed by atoms with E-state index in [0.29, 0.717) is 4.88 Å². The van der Waals surface area contributed by atoms with Gasteiger partial charge < -0.3 is 10.4 Å². The number of ketones is 1. The minimum absolute atomic E-state index is 0.0524. The van der Waals surface area contributed by atoms with Gasteiger partial charge in [-0.15, -0.1) is 11.3 Å². The Hall–Kier alpha value is -2.58. The maximum Gasteiger partial charge on any atom is 0.269 e. The van der Waals surface area contributed by atoms with Crippen LogP contribution in [-0.2, 0) is 10.4 Å². The third-order valence-electron chi connectivity index (χ3n) is 3.50. The summed E-state index contributed by atoms with van der Waals surface area (Å²) in [4.78, 5) is 34.9. The van der Waals surface area contributed by atoms with Crippen molar-refractivity contribution in [2.75, 3.05) is 5.32 Å². The standard InChI is InChI=1S/C14H10N2O5S/c17-11(12-2-1-5-22-12)7-14(19)9-6-8(16(20)21)3-4-10(9)15-13(14)18/h1-6,19H,7H2,(H,15,18)/t14-/m0/s1. The van der Waals surface area contributed by atoms with Crippen molar-refractivity contribution in [3.8, 4) is 0 Å². The van der Waals surface area contributed by atoms with Gasteiger partial charge in [0.2, 0.25) is 0 Å². The van der Waals surface area contributed by atoms with E-state index in [0.717, 1.165) is 6.07 Å². The largest absolute Gasteiger partial charge is 0.375 e. The first kappa shape index (κ1) is 14.4. The van der Waals surface area contributed by atoms with E-state index in [9.17, 15) is 24.8 Å². The second-order valence-electron chi connectivity index (χ2n) is 4.88. The summed E-state index contributed by atoms with van der Waals surface area (Å²) in [6.45, 7) is 0. The van der Waals surface area contributed by atoms with Crippen molar-refractivity contribution >= 4 is 34.4 Å². The molecule has 1 amide bonds. The molecule has 0 saturated heterocycles. The number of rotatable bonds is 4. The summed E-state index contributed by atoms with van der Waals surface area (Å²) < 4.78 is 0. The van der Waals surface area contributed by atoms with E-state index < -0.39 is 28.6 Å². The van der Waals surface area contributed by atoms with Crippen LogP contribution >= 0.6 is 11.3 Å². The Bertz CT molecular complexity index is 787. The lowest BCUT2D eigenvalue weighted by atomic mass is 9.89. The normalized spacial score (nSPS) is 19.6. The number of carbonyl (C=O) groups excluding carboxylic acids is 2. The maximum absolute atomic E-state index is 12.2. The Balaban J connectivity index is 2.00. The van der Waals surface area contributed by atoms with Crippen LogP contribution in [0.4, 0.5) is 11.4 Å². The summed E-state index contributed by atoms with van der Waals surface area (Å²) in [5, 5.41) is 25.6. The van der Waals surface area contributed by atoms with Crippen LogP contribution in [0.3, 0.4) is 0 Å². The van der Waals surface area contributed by atoms with Crippen LogP contribution in [0.25, 0.3) is 0 Å². The fourth-order valence-corrected chi connectivity index (χ4v) is 3.04. The molecule has 2 aromatic rings. The third kappa shape index (κ3) is 2.18. The molecule has 2 N–H and O–H groups in total. The Morgan fingerprint density at radius 1 is 1.41 bits per heavy atom. The van der Waals surface area contributed by atoms with Crippen molar-refractivity contribution in [1.82, 2.24) is 0 Å². The van der Waals surface area contributed by atoms with Crippen LogP contribution in [0.1, 0.15) is 21.7 Å². The molecule has 0 aliphatic carbocycles. The monoisotopic (exact) mass is 318 g/mol. The number of amides is 1. The van der Waals surface area contributed by atoms with Gasteiger partial charge in [0.1, 0.15) is 0 Å². The van der Waals surface area contributed by atoms with Gasteiger partial charge >= 0.3 is 0 Å². The van der Waals surface area contributed by atoms with Crippen molar-refractivity contribution < 1.29 is 19.6 Å². The molecule has 0 unspecified atom stereocenters. The molecule has 1 aliphatic heterocycles. The lowest BCUT2D eigenvalue weighted by Crippen LogP contribution is -2.36. The molecule has 0 spiro atoms. The third-order valence-corrected chi connectivity index (χ3v) is 4.41. The van der Waals surface area contributed by atoms with Crippen LogP contribution < -0.4 is 5.32 Å². The van der Waals surface area contributed by atoms with Crippen LogP contribution in [0.15, 0.2) is 35.7 Å². The lowest BCUT2D eigenvalue weighted by molar-refractivity contribution is -0.385. The zero-order valence-electron chi connectivity index (χ0n) is 11.1. The molecule has 0 saturated carbocycles. The Morgan fingerprint density at radius 3 is 2.82 bits per heavy atom. The van der Waals surface area contributed by atoms with Gasteiger partial charge in [0, 0.05) is 23.4 Å². The molecule has 1 aliphatic rings. The number of nitro benzene ring substituents is 1. The van der Waals surface area contributed by atoms with Gasteiger partial charge in [0.25, 0.3) is 11.6 Å². The van der Waals surface area contributed by atoms with Crippen molar-refractivity contribution in [2.24, 2.45) is 0 Å². The molecule has 1 atom stereocenters. The number of nitrogens with zero attached hydrogens (tertiary/aromatic N) is 1. The quantitative estimate of drug-likeness (QED) is 0.509. The zero-order chi connectivity index (χ0) is 15.9. The number of hydrogen-bond donors (Lipinski definition) is 2. The first-order valence-electron chi connectivity index (χ1n) is 6.31. The number of benzene rings is 1. The summed E-state index contributed by atoms with van der Waals surface area (Å²) in [5.41, 5.74) is -2.02. The molecule has 22 heavy (non-hydrogen) atoms. The zero-order valence-corrected chi connectivity index (χ0v) is 11.9. The van der Waals surface area contributed by atoms with E-state index in [4.69, 9.17) is 0 Å². The molecule has 1 aromatic carbocycles. The SMILES string of the molecule is O=C(C[C@@]1(O)C(=O)Nc2ccc([N+](=O)[O-])cc21)c1cccs1. The van der Waals surface area contributed by atoms with Gasteiger partial charge in [-0.2, -0.15) is 0 Å². The molecule has 0 fully saturated rings. The number of non-ortho nitro benzene ring substituents is 1. The van der Waals surface area contributed by atoms with E-state index in [-0.39, 0.29) is 16.9 Å². The first-order chi connectivity index (χ1) is 10.4. The van der Waals surface area contributed by atoms with Gasteiger partial charge in [-0.1, -0.05) is 6.07 Å². The van der Waals surface area contributed by atoms with Crippen LogP contribution in [0, 0.1) is 10.1 Å². The van der Waals surface area contributed by atoms with Crippen LogP contribution in [0.5, 0.6) is 0 Å². The lowest BCUT2D eigenvalue weighted by Gasteiger charge is -2.19. The minimum Gasteiger partial charge on any atom is -0.375 e. The van der Waals surface area contributed by atoms with Gasteiger partial charge in [0.15, 0.2) is 11.4 Å². The van der Waals surface area contributed by atoms with Gasteiger partial charge in [0.05, 0.1) is 16.2 Å². The molecule has 0 radical (unpaired) electrons. The number of hydrogen-bond acceptors (Lipinski definition) is 6. The van der Waals surface area contributed by atoms with E-state index in [1.165, 1.54) is 23.5 Å². The Kier molecular flexibility index (Phi) is 3.27. The summed E-state index contributed by atoms with van der Waals surface area (Å²) in [7, 11) is 0. The van der Waals surface area contributed by atoms with Crippen molar-refractivity contribution in [1.29, 1.82) is 0 Å². The number of aliphatic hydroxyl groups is 1. The predicted octanol–water partition coefficient (Wildman–Crippen LogP) is 2.07.